The maximum absolute atomic E-state index is 10.6. The zero-order valence-electron chi connectivity index (χ0n) is 18.9. The van der Waals surface area contributed by atoms with Crippen molar-refractivity contribution in [3.63, 3.8) is 0 Å². The molecule has 0 aliphatic heterocycles. The van der Waals surface area contributed by atoms with E-state index in [4.69, 9.17) is 9.47 Å². The van der Waals surface area contributed by atoms with E-state index in [-0.39, 0.29) is 13.2 Å². The van der Waals surface area contributed by atoms with Crippen LogP contribution in [0.5, 0.6) is 11.5 Å². The van der Waals surface area contributed by atoms with Crippen LogP contribution in [-0.2, 0) is 18.0 Å². The standard InChI is InChI=1S/C28H24NO5/c1-17-24-10-22(15-31)21(14-30)9-20(24)11-27-25-13-26(18-3-5-23(6-4-18)34-16-32)28(33-2)12-19(25)7-8-29(17)27/h3-13,16,30-31H,14-15H2,1-2H3/q+1. The molecule has 170 valence electrons. The number of aryl methyl sites for hydroxylation is 1. The van der Waals surface area contributed by atoms with Crippen LogP contribution in [0.1, 0.15) is 16.8 Å². The Hall–Kier alpha value is -4.00. The second kappa shape index (κ2) is 8.74. The molecule has 2 heterocycles. The van der Waals surface area contributed by atoms with Gasteiger partial charge in [-0.05, 0) is 63.9 Å². The molecular formula is C28H24NO5+. The number of pyridine rings is 2. The molecule has 0 amide bonds. The zero-order chi connectivity index (χ0) is 23.8. The van der Waals surface area contributed by atoms with Crippen LogP contribution in [0.2, 0.25) is 0 Å². The van der Waals surface area contributed by atoms with E-state index in [1.54, 1.807) is 19.2 Å². The van der Waals surface area contributed by atoms with Crippen LogP contribution in [-0.4, -0.2) is 23.8 Å². The van der Waals surface area contributed by atoms with Crippen molar-refractivity contribution in [3.05, 3.63) is 83.7 Å². The fourth-order valence-electron chi connectivity index (χ4n) is 4.64. The average molecular weight is 455 g/mol. The summed E-state index contributed by atoms with van der Waals surface area (Å²) in [6.07, 6.45) is 2.04. The van der Waals surface area contributed by atoms with Gasteiger partial charge in [-0.3, -0.25) is 4.79 Å². The molecule has 0 unspecified atom stereocenters. The van der Waals surface area contributed by atoms with Gasteiger partial charge in [0.25, 0.3) is 6.47 Å². The Morgan fingerprint density at radius 2 is 1.62 bits per heavy atom. The number of aliphatic hydroxyl groups excluding tert-OH is 2. The Morgan fingerprint density at radius 3 is 2.29 bits per heavy atom. The van der Waals surface area contributed by atoms with Gasteiger partial charge in [-0.2, -0.15) is 4.40 Å². The zero-order valence-corrected chi connectivity index (χ0v) is 18.9. The third-order valence-corrected chi connectivity index (χ3v) is 6.42. The molecule has 5 rings (SSSR count). The number of rotatable bonds is 6. The van der Waals surface area contributed by atoms with E-state index in [0.29, 0.717) is 12.2 Å². The highest BCUT2D eigenvalue weighted by Gasteiger charge is 2.19. The minimum atomic E-state index is -0.128. The van der Waals surface area contributed by atoms with Gasteiger partial charge in [0.2, 0.25) is 5.52 Å². The summed E-state index contributed by atoms with van der Waals surface area (Å²) in [5, 5.41) is 23.6. The Bertz CT molecular complexity index is 1560. The van der Waals surface area contributed by atoms with Gasteiger partial charge in [0.15, 0.2) is 11.9 Å². The topological polar surface area (TPSA) is 80.1 Å². The predicted molar refractivity (Wildman–Crippen MR) is 130 cm³/mol. The molecule has 0 saturated carbocycles. The first-order valence-electron chi connectivity index (χ1n) is 10.9. The lowest BCUT2D eigenvalue weighted by atomic mass is 9.97. The molecule has 3 aromatic carbocycles. The van der Waals surface area contributed by atoms with E-state index in [9.17, 15) is 15.0 Å². The summed E-state index contributed by atoms with van der Waals surface area (Å²) in [7, 11) is 1.65. The fourth-order valence-corrected chi connectivity index (χ4v) is 4.64. The molecule has 6 heteroatoms. The van der Waals surface area contributed by atoms with Crippen LogP contribution < -0.4 is 13.9 Å². The summed E-state index contributed by atoms with van der Waals surface area (Å²) in [6.45, 7) is 2.22. The van der Waals surface area contributed by atoms with Crippen LogP contribution in [0, 0.1) is 6.92 Å². The maximum atomic E-state index is 10.6. The molecule has 0 bridgehead atoms. The lowest BCUT2D eigenvalue weighted by Gasteiger charge is -2.12. The van der Waals surface area contributed by atoms with E-state index >= 15 is 0 Å². The van der Waals surface area contributed by atoms with Crippen molar-refractivity contribution >= 4 is 33.5 Å². The highest BCUT2D eigenvalue weighted by atomic mass is 16.5. The van der Waals surface area contributed by atoms with Crippen LogP contribution in [0.15, 0.2) is 66.9 Å². The Kier molecular flexibility index (Phi) is 5.61. The number of methoxy groups -OCH3 is 1. The fraction of sp³-hybridized carbons (Fsp3) is 0.143. The third kappa shape index (κ3) is 3.53. The summed E-state index contributed by atoms with van der Waals surface area (Å²) in [6, 6.07) is 19.5. The summed E-state index contributed by atoms with van der Waals surface area (Å²) in [4.78, 5) is 10.6. The molecular weight excluding hydrogens is 430 g/mol. The van der Waals surface area contributed by atoms with Crippen molar-refractivity contribution in [1.29, 1.82) is 0 Å². The van der Waals surface area contributed by atoms with E-state index in [1.165, 1.54) is 0 Å². The summed E-state index contributed by atoms with van der Waals surface area (Å²) in [5.41, 5.74) is 5.37. The number of ether oxygens (including phenoxy) is 2. The second-order valence-electron chi connectivity index (χ2n) is 8.20. The summed E-state index contributed by atoms with van der Waals surface area (Å²) < 4.78 is 12.8. The molecule has 0 spiro atoms. The number of carbonyl (C=O) groups is 1. The molecule has 2 aromatic heterocycles. The quantitative estimate of drug-likeness (QED) is 0.174. The molecule has 0 atom stereocenters. The minimum Gasteiger partial charge on any atom is -0.496 e. The lowest BCUT2D eigenvalue weighted by molar-refractivity contribution is -0.516. The third-order valence-electron chi connectivity index (χ3n) is 6.42. The number of aromatic nitrogens is 1. The van der Waals surface area contributed by atoms with Crippen molar-refractivity contribution in [3.8, 4) is 22.6 Å². The van der Waals surface area contributed by atoms with Crippen molar-refractivity contribution in [1.82, 2.24) is 0 Å². The highest BCUT2D eigenvalue weighted by molar-refractivity contribution is 6.01. The predicted octanol–water partition coefficient (Wildman–Crippen LogP) is 4.24. The molecule has 0 fully saturated rings. The van der Waals surface area contributed by atoms with Crippen LogP contribution in [0.25, 0.3) is 38.2 Å². The van der Waals surface area contributed by atoms with Gasteiger partial charge in [0.1, 0.15) is 11.5 Å². The largest absolute Gasteiger partial charge is 0.496 e. The number of nitrogens with zero attached hydrogens (tertiary/aromatic N) is 1. The average Bonchev–Trinajstić information content (AvgIpc) is 2.88. The van der Waals surface area contributed by atoms with E-state index < -0.39 is 0 Å². The number of carbonyl (C=O) groups excluding carboxylic acids is 1. The second-order valence-corrected chi connectivity index (χ2v) is 8.20. The highest BCUT2D eigenvalue weighted by Crippen LogP contribution is 2.36. The van der Waals surface area contributed by atoms with Crippen molar-refractivity contribution in [2.45, 2.75) is 20.1 Å². The Labute approximate surface area is 196 Å². The first kappa shape index (κ1) is 21.8. The van der Waals surface area contributed by atoms with E-state index in [2.05, 4.69) is 29.5 Å². The normalized spacial score (nSPS) is 11.3. The molecule has 0 saturated heterocycles. The Morgan fingerprint density at radius 1 is 0.882 bits per heavy atom. The van der Waals surface area contributed by atoms with E-state index in [0.717, 1.165) is 60.8 Å². The number of hydrogen-bond acceptors (Lipinski definition) is 5. The monoisotopic (exact) mass is 454 g/mol. The molecule has 6 nitrogen and oxygen atoms in total. The molecule has 2 N–H and O–H groups in total. The van der Waals surface area contributed by atoms with Gasteiger partial charge in [-0.25, -0.2) is 0 Å². The number of aliphatic hydroxyl groups is 2. The van der Waals surface area contributed by atoms with E-state index in [1.807, 2.05) is 36.5 Å². The number of fused-ring (bicyclic) bond motifs is 4. The van der Waals surface area contributed by atoms with Crippen molar-refractivity contribution < 1.29 is 28.9 Å². The lowest BCUT2D eigenvalue weighted by Crippen LogP contribution is -2.25. The molecule has 0 aliphatic carbocycles. The van der Waals surface area contributed by atoms with Gasteiger partial charge in [-0.1, -0.05) is 12.1 Å². The number of benzene rings is 3. The smallest absolute Gasteiger partial charge is 0.298 e. The molecule has 34 heavy (non-hydrogen) atoms. The van der Waals surface area contributed by atoms with Gasteiger partial charge in [-0.15, -0.1) is 0 Å². The van der Waals surface area contributed by atoms with Crippen LogP contribution >= 0.6 is 0 Å². The summed E-state index contributed by atoms with van der Waals surface area (Å²) >= 11 is 0. The number of hydrogen-bond donors (Lipinski definition) is 2. The SMILES string of the molecule is COc1cc2cc[n+]3c(C)c4cc(CO)c(CO)cc4cc3c2cc1-c1ccc(OC=O)cc1. The summed E-state index contributed by atoms with van der Waals surface area (Å²) in [5.74, 6) is 1.22. The minimum absolute atomic E-state index is 0.120. The van der Waals surface area contributed by atoms with Gasteiger partial charge < -0.3 is 19.7 Å². The van der Waals surface area contributed by atoms with Gasteiger partial charge in [0.05, 0.1) is 25.7 Å². The molecule has 0 aliphatic rings. The molecule has 5 aromatic rings. The maximum Gasteiger partial charge on any atom is 0.298 e. The van der Waals surface area contributed by atoms with Gasteiger partial charge in [0, 0.05) is 30.0 Å². The van der Waals surface area contributed by atoms with Gasteiger partial charge >= 0.3 is 0 Å². The molecule has 0 radical (unpaired) electrons. The van der Waals surface area contributed by atoms with Crippen LogP contribution in [0.4, 0.5) is 0 Å². The Balaban J connectivity index is 1.80. The van der Waals surface area contributed by atoms with Crippen LogP contribution in [0.3, 0.4) is 0 Å². The first-order chi connectivity index (χ1) is 16.6. The van der Waals surface area contributed by atoms with Crippen molar-refractivity contribution in [2.75, 3.05) is 7.11 Å². The van der Waals surface area contributed by atoms with Crippen molar-refractivity contribution in [2.24, 2.45) is 0 Å². The first-order valence-corrected chi connectivity index (χ1v) is 10.9.